The Hall–Kier alpha value is -2.68. The maximum atomic E-state index is 12.9. The molecule has 1 fully saturated rings. The zero-order valence-corrected chi connectivity index (χ0v) is 17.5. The highest BCUT2D eigenvalue weighted by Gasteiger charge is 2.39. The van der Waals surface area contributed by atoms with Crippen molar-refractivity contribution in [3.8, 4) is 0 Å². The van der Waals surface area contributed by atoms with Gasteiger partial charge in [0.25, 0.3) is 5.91 Å². The fourth-order valence-electron chi connectivity index (χ4n) is 4.32. The standard InChI is InChI=1S/C21H28N4O5/c1-3-25-18-15(9-21(12-22-19(18)26)4-6-28-7-5-21)16(24-25)8-14(2)10-30-20(27)17-11-29-13-23-17/h11,13-14H,3-10,12H2,1-2H3,(H,22,26)/t14-/m1/s1. The third-order valence-electron chi connectivity index (χ3n) is 6.06. The summed E-state index contributed by atoms with van der Waals surface area (Å²) in [5.74, 6) is -0.518. The maximum Gasteiger partial charge on any atom is 0.360 e. The first-order valence-corrected chi connectivity index (χ1v) is 10.5. The van der Waals surface area contributed by atoms with Crippen molar-refractivity contribution >= 4 is 11.9 Å². The topological polar surface area (TPSA) is 108 Å². The summed E-state index contributed by atoms with van der Waals surface area (Å²) in [7, 11) is 0. The second-order valence-corrected chi connectivity index (χ2v) is 8.34. The first-order valence-electron chi connectivity index (χ1n) is 10.5. The molecule has 0 saturated carbocycles. The number of nitrogens with one attached hydrogen (secondary N) is 1. The van der Waals surface area contributed by atoms with Gasteiger partial charge in [-0.2, -0.15) is 5.10 Å². The number of aryl methyl sites for hydroxylation is 1. The van der Waals surface area contributed by atoms with E-state index in [4.69, 9.17) is 19.0 Å². The van der Waals surface area contributed by atoms with Crippen LogP contribution in [0.15, 0.2) is 17.1 Å². The first-order chi connectivity index (χ1) is 14.5. The molecule has 0 radical (unpaired) electrons. The van der Waals surface area contributed by atoms with Crippen molar-refractivity contribution in [2.24, 2.45) is 11.3 Å². The molecular weight excluding hydrogens is 388 g/mol. The van der Waals surface area contributed by atoms with E-state index in [9.17, 15) is 9.59 Å². The lowest BCUT2D eigenvalue weighted by atomic mass is 9.75. The summed E-state index contributed by atoms with van der Waals surface area (Å²) in [6.07, 6.45) is 5.75. The van der Waals surface area contributed by atoms with Gasteiger partial charge in [-0.1, -0.05) is 6.92 Å². The molecule has 2 aromatic rings. The Morgan fingerprint density at radius 3 is 2.90 bits per heavy atom. The minimum absolute atomic E-state index is 0.0121. The Bertz CT molecular complexity index is 899. The first kappa shape index (κ1) is 20.6. The number of fused-ring (bicyclic) bond motifs is 1. The minimum atomic E-state index is -0.506. The third kappa shape index (κ3) is 4.12. The zero-order chi connectivity index (χ0) is 21.1. The molecule has 0 aromatic carbocycles. The fourth-order valence-corrected chi connectivity index (χ4v) is 4.32. The summed E-state index contributed by atoms with van der Waals surface area (Å²) < 4.78 is 17.5. The highest BCUT2D eigenvalue weighted by Crippen LogP contribution is 2.38. The Kier molecular flexibility index (Phi) is 5.90. The SMILES string of the molecule is CCn1nc(C[C@@H](C)COC(=O)c2cocn2)c2c1C(=O)NCC1(CCOCC1)C2. The summed E-state index contributed by atoms with van der Waals surface area (Å²) >= 11 is 0. The van der Waals surface area contributed by atoms with E-state index in [1.165, 1.54) is 12.7 Å². The van der Waals surface area contributed by atoms with Crippen LogP contribution in [-0.2, 0) is 28.9 Å². The molecule has 162 valence electrons. The van der Waals surface area contributed by atoms with Crippen LogP contribution in [0.5, 0.6) is 0 Å². The van der Waals surface area contributed by atoms with E-state index in [0.29, 0.717) is 25.2 Å². The van der Waals surface area contributed by atoms with Crippen molar-refractivity contribution < 1.29 is 23.5 Å². The lowest BCUT2D eigenvalue weighted by molar-refractivity contribution is 0.0160. The molecule has 1 amide bonds. The van der Waals surface area contributed by atoms with Crippen molar-refractivity contribution in [3.63, 3.8) is 0 Å². The molecule has 4 heterocycles. The van der Waals surface area contributed by atoms with Crippen LogP contribution in [0.4, 0.5) is 0 Å². The molecule has 1 saturated heterocycles. The van der Waals surface area contributed by atoms with Gasteiger partial charge in [-0.05, 0) is 43.9 Å². The maximum absolute atomic E-state index is 12.9. The average Bonchev–Trinajstić information content (AvgIpc) is 3.37. The Morgan fingerprint density at radius 1 is 1.40 bits per heavy atom. The van der Waals surface area contributed by atoms with E-state index >= 15 is 0 Å². The van der Waals surface area contributed by atoms with Crippen LogP contribution < -0.4 is 5.32 Å². The monoisotopic (exact) mass is 416 g/mol. The minimum Gasteiger partial charge on any atom is -0.461 e. The second kappa shape index (κ2) is 8.59. The van der Waals surface area contributed by atoms with Gasteiger partial charge < -0.3 is 19.2 Å². The van der Waals surface area contributed by atoms with Gasteiger partial charge in [-0.3, -0.25) is 9.48 Å². The Balaban J connectivity index is 1.52. The van der Waals surface area contributed by atoms with Gasteiger partial charge in [0.05, 0.1) is 12.3 Å². The summed E-state index contributed by atoms with van der Waals surface area (Å²) in [4.78, 5) is 28.7. The van der Waals surface area contributed by atoms with Crippen LogP contribution in [0.3, 0.4) is 0 Å². The van der Waals surface area contributed by atoms with Crippen molar-refractivity contribution in [1.82, 2.24) is 20.1 Å². The fraction of sp³-hybridized carbons (Fsp3) is 0.619. The van der Waals surface area contributed by atoms with Crippen LogP contribution in [0, 0.1) is 11.3 Å². The number of ether oxygens (including phenoxy) is 2. The number of aromatic nitrogens is 3. The smallest absolute Gasteiger partial charge is 0.360 e. The van der Waals surface area contributed by atoms with E-state index in [2.05, 4.69) is 10.3 Å². The third-order valence-corrected chi connectivity index (χ3v) is 6.06. The predicted molar refractivity (Wildman–Crippen MR) is 106 cm³/mol. The summed E-state index contributed by atoms with van der Waals surface area (Å²) in [6, 6.07) is 0. The van der Waals surface area contributed by atoms with Crippen LogP contribution in [0.25, 0.3) is 0 Å². The molecule has 9 nitrogen and oxygen atoms in total. The van der Waals surface area contributed by atoms with Gasteiger partial charge in [0.2, 0.25) is 0 Å². The molecular formula is C21H28N4O5. The van der Waals surface area contributed by atoms with Crippen molar-refractivity contribution in [3.05, 3.63) is 35.3 Å². The molecule has 0 aliphatic carbocycles. The predicted octanol–water partition coefficient (Wildman–Crippen LogP) is 2.01. The lowest BCUT2D eigenvalue weighted by Gasteiger charge is -2.36. The quantitative estimate of drug-likeness (QED) is 0.718. The highest BCUT2D eigenvalue weighted by atomic mass is 16.5. The van der Waals surface area contributed by atoms with E-state index in [1.807, 2.05) is 13.8 Å². The molecule has 1 spiro atoms. The van der Waals surface area contributed by atoms with Crippen molar-refractivity contribution in [2.45, 2.75) is 46.1 Å². The number of amides is 1. The molecule has 4 rings (SSSR count). The number of hydrogen-bond acceptors (Lipinski definition) is 7. The highest BCUT2D eigenvalue weighted by molar-refractivity contribution is 5.94. The lowest BCUT2D eigenvalue weighted by Crippen LogP contribution is -2.40. The normalized spacial score (nSPS) is 19.1. The number of oxazole rings is 1. The van der Waals surface area contributed by atoms with E-state index in [-0.39, 0.29) is 29.5 Å². The summed E-state index contributed by atoms with van der Waals surface area (Å²) in [5, 5.41) is 7.87. The van der Waals surface area contributed by atoms with Gasteiger partial charge in [0, 0.05) is 31.9 Å². The van der Waals surface area contributed by atoms with Gasteiger partial charge in [0.1, 0.15) is 12.0 Å². The van der Waals surface area contributed by atoms with Gasteiger partial charge in [-0.15, -0.1) is 0 Å². The Morgan fingerprint density at radius 2 is 2.20 bits per heavy atom. The molecule has 30 heavy (non-hydrogen) atoms. The number of carbonyl (C=O) groups excluding carboxylic acids is 2. The van der Waals surface area contributed by atoms with E-state index in [1.54, 1.807) is 4.68 Å². The number of carbonyl (C=O) groups is 2. The summed E-state index contributed by atoms with van der Waals surface area (Å²) in [6.45, 7) is 6.97. The zero-order valence-electron chi connectivity index (χ0n) is 17.5. The van der Waals surface area contributed by atoms with E-state index in [0.717, 1.165) is 43.7 Å². The van der Waals surface area contributed by atoms with Crippen molar-refractivity contribution in [2.75, 3.05) is 26.4 Å². The summed E-state index contributed by atoms with van der Waals surface area (Å²) in [5.41, 5.74) is 2.79. The second-order valence-electron chi connectivity index (χ2n) is 8.34. The number of esters is 1. The Labute approximate surface area is 175 Å². The molecule has 0 bridgehead atoms. The van der Waals surface area contributed by atoms with Gasteiger partial charge in [0.15, 0.2) is 12.1 Å². The molecule has 9 heteroatoms. The van der Waals surface area contributed by atoms with Gasteiger partial charge >= 0.3 is 5.97 Å². The largest absolute Gasteiger partial charge is 0.461 e. The molecule has 1 N–H and O–H groups in total. The van der Waals surface area contributed by atoms with Crippen LogP contribution in [0.2, 0.25) is 0 Å². The van der Waals surface area contributed by atoms with Crippen LogP contribution in [-0.4, -0.2) is 53.0 Å². The molecule has 2 aliphatic heterocycles. The molecule has 2 aliphatic rings. The number of nitrogens with zero attached hydrogens (tertiary/aromatic N) is 3. The van der Waals surface area contributed by atoms with Crippen molar-refractivity contribution in [1.29, 1.82) is 0 Å². The number of rotatable bonds is 6. The molecule has 2 aromatic heterocycles. The van der Waals surface area contributed by atoms with Gasteiger partial charge in [-0.25, -0.2) is 9.78 Å². The number of hydrogen-bond donors (Lipinski definition) is 1. The molecule has 1 atom stereocenters. The average molecular weight is 416 g/mol. The van der Waals surface area contributed by atoms with E-state index < -0.39 is 5.97 Å². The van der Waals surface area contributed by atoms with Crippen LogP contribution in [0.1, 0.15) is 58.9 Å². The molecule has 0 unspecified atom stereocenters. The van der Waals surface area contributed by atoms with Crippen LogP contribution >= 0.6 is 0 Å².